The van der Waals surface area contributed by atoms with E-state index in [2.05, 4.69) is 10.8 Å². The lowest BCUT2D eigenvalue weighted by Crippen LogP contribution is -2.46. The molecule has 82 valence electrons. The van der Waals surface area contributed by atoms with Gasteiger partial charge in [0.1, 0.15) is 0 Å². The maximum absolute atomic E-state index is 11.6. The molecular weight excluding hydrogens is 190 g/mol. The Morgan fingerprint density at radius 3 is 3.13 bits per heavy atom. The van der Waals surface area contributed by atoms with E-state index in [0.717, 1.165) is 19.5 Å². The minimum atomic E-state index is -0.107. The van der Waals surface area contributed by atoms with Gasteiger partial charge in [-0.15, -0.1) is 6.42 Å². The number of terminal acetylenes is 1. The van der Waals surface area contributed by atoms with E-state index in [1.54, 1.807) is 0 Å². The van der Waals surface area contributed by atoms with Crippen molar-refractivity contribution in [3.8, 4) is 12.3 Å². The molecule has 3 heteroatoms. The highest BCUT2D eigenvalue weighted by atomic mass is 16.5. The molecule has 0 aromatic rings. The van der Waals surface area contributed by atoms with Crippen LogP contribution in [0.5, 0.6) is 0 Å². The van der Waals surface area contributed by atoms with Crippen molar-refractivity contribution >= 4 is 5.97 Å². The molecule has 3 nitrogen and oxygen atoms in total. The fraction of sp³-hybridized carbons (Fsp3) is 0.750. The van der Waals surface area contributed by atoms with Crippen LogP contribution in [-0.4, -0.2) is 37.1 Å². The molecule has 2 rings (SSSR count). The maximum atomic E-state index is 11.6. The van der Waals surface area contributed by atoms with Crippen LogP contribution < -0.4 is 0 Å². The van der Waals surface area contributed by atoms with Gasteiger partial charge in [-0.3, -0.25) is 4.79 Å². The molecule has 2 saturated heterocycles. The zero-order valence-electron chi connectivity index (χ0n) is 8.95. The number of fused-ring (bicyclic) bond motifs is 2. The molecule has 0 radical (unpaired) electrons. The van der Waals surface area contributed by atoms with Gasteiger partial charge < -0.3 is 9.64 Å². The molecule has 0 saturated carbocycles. The molecule has 15 heavy (non-hydrogen) atoms. The molecule has 3 unspecified atom stereocenters. The largest absolute Gasteiger partial charge is 0.452 e. The highest BCUT2D eigenvalue weighted by molar-refractivity contribution is 5.73. The van der Waals surface area contributed by atoms with Crippen LogP contribution in [0.3, 0.4) is 0 Å². The quantitative estimate of drug-likeness (QED) is 0.497. The molecule has 0 spiro atoms. The minimum Gasteiger partial charge on any atom is -0.452 e. The van der Waals surface area contributed by atoms with E-state index in [1.807, 2.05) is 0 Å². The third-order valence-electron chi connectivity index (χ3n) is 3.33. The Kier molecular flexibility index (Phi) is 3.27. The average molecular weight is 207 g/mol. The smallest absolute Gasteiger partial charge is 0.311 e. The van der Waals surface area contributed by atoms with Crippen LogP contribution >= 0.6 is 0 Å². The molecular formula is C12H17NO2. The highest BCUT2D eigenvalue weighted by Gasteiger charge is 2.34. The first-order valence-corrected chi connectivity index (χ1v) is 5.62. The fourth-order valence-electron chi connectivity index (χ4n) is 2.70. The Balaban J connectivity index is 1.88. The second-order valence-electron chi connectivity index (χ2n) is 4.51. The summed E-state index contributed by atoms with van der Waals surface area (Å²) < 4.78 is 4.99. The lowest BCUT2D eigenvalue weighted by Gasteiger charge is -2.40. The van der Waals surface area contributed by atoms with E-state index in [9.17, 15) is 4.79 Å². The summed E-state index contributed by atoms with van der Waals surface area (Å²) in [7, 11) is 0. The first-order chi connectivity index (χ1) is 7.29. The number of esters is 1. The van der Waals surface area contributed by atoms with Gasteiger partial charge in [0, 0.05) is 13.1 Å². The molecule has 2 aliphatic rings. The van der Waals surface area contributed by atoms with E-state index in [4.69, 9.17) is 11.2 Å². The topological polar surface area (TPSA) is 29.5 Å². The number of nitrogens with zero attached hydrogens (tertiary/aromatic N) is 1. The number of carbonyl (C=O) groups is 1. The molecule has 3 atom stereocenters. The molecule has 0 aliphatic carbocycles. The third kappa shape index (κ3) is 2.51. The lowest BCUT2D eigenvalue weighted by molar-refractivity contribution is -0.150. The summed E-state index contributed by atoms with van der Waals surface area (Å²) in [6.45, 7) is 3.27. The van der Waals surface area contributed by atoms with Crippen molar-refractivity contribution in [3.63, 3.8) is 0 Å². The Morgan fingerprint density at radius 1 is 1.53 bits per heavy atom. The van der Waals surface area contributed by atoms with Crippen molar-refractivity contribution in [2.45, 2.75) is 19.3 Å². The normalized spacial score (nSPS) is 34.2. The Morgan fingerprint density at radius 2 is 2.40 bits per heavy atom. The van der Waals surface area contributed by atoms with E-state index in [1.165, 1.54) is 19.4 Å². The Hall–Kier alpha value is -1.01. The van der Waals surface area contributed by atoms with Gasteiger partial charge in [-0.2, -0.15) is 0 Å². The van der Waals surface area contributed by atoms with Gasteiger partial charge in [-0.05, 0) is 31.7 Å². The average Bonchev–Trinajstić information content (AvgIpc) is 2.25. The number of rotatable bonds is 2. The van der Waals surface area contributed by atoms with Crippen molar-refractivity contribution in [2.24, 2.45) is 11.8 Å². The molecule has 0 aromatic heterocycles. The van der Waals surface area contributed by atoms with Gasteiger partial charge in [0.25, 0.3) is 0 Å². The molecule has 0 amide bonds. The standard InChI is InChI=1S/C12H17NO2/c1-2-6-15-12(14)11-7-10-4-3-5-13(8-10)9-11/h1,10-11H,3-9H2. The predicted octanol–water partition coefficient (Wildman–Crippen LogP) is 0.895. The van der Waals surface area contributed by atoms with Crippen LogP contribution in [0, 0.1) is 24.2 Å². The Labute approximate surface area is 90.8 Å². The number of piperidine rings is 2. The summed E-state index contributed by atoms with van der Waals surface area (Å²) in [4.78, 5) is 14.0. The lowest BCUT2D eigenvalue weighted by atomic mass is 9.83. The summed E-state index contributed by atoms with van der Waals surface area (Å²) in [5, 5.41) is 0. The van der Waals surface area contributed by atoms with Crippen LogP contribution in [0.1, 0.15) is 19.3 Å². The summed E-state index contributed by atoms with van der Waals surface area (Å²) in [5.74, 6) is 2.97. The van der Waals surface area contributed by atoms with Crippen LogP contribution in [0.15, 0.2) is 0 Å². The Bertz CT molecular complexity index is 270. The second-order valence-corrected chi connectivity index (χ2v) is 4.51. The van der Waals surface area contributed by atoms with Crippen molar-refractivity contribution in [2.75, 3.05) is 26.2 Å². The van der Waals surface area contributed by atoms with Crippen LogP contribution in [0.2, 0.25) is 0 Å². The minimum absolute atomic E-state index is 0.0531. The number of hydrogen-bond donors (Lipinski definition) is 0. The summed E-state index contributed by atoms with van der Waals surface area (Å²) in [6.07, 6.45) is 8.58. The van der Waals surface area contributed by atoms with E-state index in [0.29, 0.717) is 5.92 Å². The zero-order valence-corrected chi connectivity index (χ0v) is 8.95. The van der Waals surface area contributed by atoms with Crippen molar-refractivity contribution in [3.05, 3.63) is 0 Å². The van der Waals surface area contributed by atoms with E-state index >= 15 is 0 Å². The van der Waals surface area contributed by atoms with Crippen LogP contribution in [-0.2, 0) is 9.53 Å². The van der Waals surface area contributed by atoms with Crippen molar-refractivity contribution in [1.29, 1.82) is 0 Å². The van der Waals surface area contributed by atoms with Crippen molar-refractivity contribution < 1.29 is 9.53 Å². The van der Waals surface area contributed by atoms with Crippen molar-refractivity contribution in [1.82, 2.24) is 4.90 Å². The highest BCUT2D eigenvalue weighted by Crippen LogP contribution is 2.30. The zero-order chi connectivity index (χ0) is 10.7. The summed E-state index contributed by atoms with van der Waals surface area (Å²) in [6, 6.07) is 0. The summed E-state index contributed by atoms with van der Waals surface area (Å²) >= 11 is 0. The summed E-state index contributed by atoms with van der Waals surface area (Å²) in [5.41, 5.74) is 0. The number of ether oxygens (including phenoxy) is 1. The first kappa shape index (κ1) is 10.5. The molecule has 2 fully saturated rings. The van der Waals surface area contributed by atoms with Gasteiger partial charge >= 0.3 is 5.97 Å². The molecule has 2 heterocycles. The fourth-order valence-corrected chi connectivity index (χ4v) is 2.70. The molecule has 2 bridgehead atoms. The van der Waals surface area contributed by atoms with Crippen LogP contribution in [0.4, 0.5) is 0 Å². The van der Waals surface area contributed by atoms with Crippen LogP contribution in [0.25, 0.3) is 0 Å². The number of carbonyl (C=O) groups excluding carboxylic acids is 1. The van der Waals surface area contributed by atoms with E-state index < -0.39 is 0 Å². The molecule has 0 aromatic carbocycles. The first-order valence-electron chi connectivity index (χ1n) is 5.62. The number of hydrogen-bond acceptors (Lipinski definition) is 3. The SMILES string of the molecule is C#CCOC(=O)C1CC2CCCN(C2)C1. The van der Waals surface area contributed by atoms with Gasteiger partial charge in [-0.25, -0.2) is 0 Å². The van der Waals surface area contributed by atoms with Gasteiger partial charge in [0.2, 0.25) is 0 Å². The maximum Gasteiger partial charge on any atom is 0.311 e. The van der Waals surface area contributed by atoms with E-state index in [-0.39, 0.29) is 18.5 Å². The van der Waals surface area contributed by atoms with Gasteiger partial charge in [-0.1, -0.05) is 5.92 Å². The molecule has 0 N–H and O–H groups in total. The van der Waals surface area contributed by atoms with Gasteiger partial charge in [0.05, 0.1) is 5.92 Å². The molecule has 2 aliphatic heterocycles. The monoisotopic (exact) mass is 207 g/mol. The predicted molar refractivity (Wildman–Crippen MR) is 57.1 cm³/mol. The third-order valence-corrected chi connectivity index (χ3v) is 3.33. The van der Waals surface area contributed by atoms with Gasteiger partial charge in [0.15, 0.2) is 6.61 Å². The second kappa shape index (κ2) is 4.67.